The molecule has 176 valence electrons. The maximum atomic E-state index is 14.2. The molecule has 33 heavy (non-hydrogen) atoms. The van der Waals surface area contributed by atoms with E-state index in [1.54, 1.807) is 6.20 Å². The van der Waals surface area contributed by atoms with Crippen LogP contribution < -0.4 is 0 Å². The second-order valence-electron chi connectivity index (χ2n) is 10.7. The fraction of sp³-hybridized carbons (Fsp3) is 0.615. The summed E-state index contributed by atoms with van der Waals surface area (Å²) in [6.07, 6.45) is 9.13. The predicted molar refractivity (Wildman–Crippen MR) is 125 cm³/mol. The molecule has 7 nitrogen and oxygen atoms in total. The molecule has 7 heteroatoms. The van der Waals surface area contributed by atoms with E-state index in [4.69, 9.17) is 0 Å². The highest BCUT2D eigenvalue weighted by molar-refractivity contribution is 5.88. The molecule has 1 spiro atoms. The Hall–Kier alpha value is -2.70. The van der Waals surface area contributed by atoms with Crippen LogP contribution in [0.4, 0.5) is 0 Å². The number of likely N-dealkylation sites (tertiary alicyclic amines) is 2. The van der Waals surface area contributed by atoms with Crippen LogP contribution in [-0.2, 0) is 16.1 Å². The molecule has 2 aliphatic heterocycles. The Labute approximate surface area is 196 Å². The molecule has 0 aromatic carbocycles. The van der Waals surface area contributed by atoms with E-state index >= 15 is 0 Å². The quantitative estimate of drug-likeness (QED) is 0.699. The number of aromatic nitrogens is 3. The van der Waals surface area contributed by atoms with Gasteiger partial charge in [-0.2, -0.15) is 5.10 Å². The van der Waals surface area contributed by atoms with Gasteiger partial charge in [0.2, 0.25) is 11.8 Å². The first-order valence-corrected chi connectivity index (χ1v) is 12.4. The summed E-state index contributed by atoms with van der Waals surface area (Å²) in [5.41, 5.74) is 1.54. The Bertz CT molecular complexity index is 1010. The van der Waals surface area contributed by atoms with E-state index in [9.17, 15) is 9.59 Å². The first-order chi connectivity index (χ1) is 15.9. The highest BCUT2D eigenvalue weighted by Gasteiger charge is 2.57. The van der Waals surface area contributed by atoms with Crippen molar-refractivity contribution in [3.05, 3.63) is 48.0 Å². The fourth-order valence-electron chi connectivity index (χ4n) is 6.29. The normalized spacial score (nSPS) is 29.7. The molecule has 2 atom stereocenters. The van der Waals surface area contributed by atoms with Gasteiger partial charge < -0.3 is 9.80 Å². The van der Waals surface area contributed by atoms with Gasteiger partial charge in [-0.05, 0) is 63.1 Å². The van der Waals surface area contributed by atoms with Gasteiger partial charge in [0.05, 0.1) is 5.41 Å². The van der Waals surface area contributed by atoms with Crippen molar-refractivity contribution in [2.45, 2.75) is 65.0 Å². The average molecular weight is 450 g/mol. The van der Waals surface area contributed by atoms with E-state index in [2.05, 4.69) is 36.9 Å². The number of amides is 2. The Morgan fingerprint density at radius 3 is 2.76 bits per heavy atom. The van der Waals surface area contributed by atoms with E-state index in [0.29, 0.717) is 25.6 Å². The van der Waals surface area contributed by atoms with Crippen LogP contribution in [0, 0.1) is 17.3 Å². The molecule has 2 aromatic rings. The molecule has 5 rings (SSSR count). The zero-order chi connectivity index (χ0) is 23.2. The molecule has 2 saturated heterocycles. The maximum absolute atomic E-state index is 14.2. The summed E-state index contributed by atoms with van der Waals surface area (Å²) in [7, 11) is 0. The van der Waals surface area contributed by atoms with Crippen molar-refractivity contribution in [2.75, 3.05) is 19.6 Å². The third kappa shape index (κ3) is 3.85. The van der Waals surface area contributed by atoms with Gasteiger partial charge in [-0.3, -0.25) is 19.3 Å². The maximum Gasteiger partial charge on any atom is 0.231 e. The number of carbonyl (C=O) groups excluding carboxylic acids is 2. The zero-order valence-electron chi connectivity index (χ0n) is 20.0. The Kier molecular flexibility index (Phi) is 5.75. The zero-order valence-corrected chi connectivity index (χ0v) is 20.0. The van der Waals surface area contributed by atoms with Crippen molar-refractivity contribution in [1.82, 2.24) is 24.6 Å². The summed E-state index contributed by atoms with van der Waals surface area (Å²) in [4.78, 5) is 35.8. The molecule has 1 aliphatic carbocycles. The summed E-state index contributed by atoms with van der Waals surface area (Å²) >= 11 is 0. The van der Waals surface area contributed by atoms with Gasteiger partial charge in [0.1, 0.15) is 0 Å². The third-order valence-electron chi connectivity index (χ3n) is 7.99. The smallest absolute Gasteiger partial charge is 0.231 e. The minimum Gasteiger partial charge on any atom is -0.341 e. The number of hydrogen-bond acceptors (Lipinski definition) is 4. The van der Waals surface area contributed by atoms with E-state index in [-0.39, 0.29) is 29.7 Å². The van der Waals surface area contributed by atoms with E-state index in [1.165, 1.54) is 0 Å². The molecule has 0 bridgehead atoms. The van der Waals surface area contributed by atoms with Crippen molar-refractivity contribution in [3.63, 3.8) is 0 Å². The minimum atomic E-state index is -0.585. The van der Waals surface area contributed by atoms with E-state index in [1.807, 2.05) is 39.0 Å². The molecular weight excluding hydrogens is 414 g/mol. The molecular formula is C26H35N5O2. The number of nitrogens with zero attached hydrogens (tertiary/aromatic N) is 5. The highest BCUT2D eigenvalue weighted by Crippen LogP contribution is 2.51. The fourth-order valence-corrected chi connectivity index (χ4v) is 6.29. The molecule has 0 unspecified atom stereocenters. The van der Waals surface area contributed by atoms with Crippen molar-refractivity contribution in [2.24, 2.45) is 17.3 Å². The molecule has 1 saturated carbocycles. The topological polar surface area (TPSA) is 71.3 Å². The van der Waals surface area contributed by atoms with Gasteiger partial charge in [0.15, 0.2) is 0 Å². The number of pyridine rings is 1. The van der Waals surface area contributed by atoms with Crippen LogP contribution in [-0.4, -0.2) is 56.0 Å². The lowest BCUT2D eigenvalue weighted by Crippen LogP contribution is -2.52. The van der Waals surface area contributed by atoms with Crippen LogP contribution in [0.1, 0.15) is 69.7 Å². The number of rotatable bonds is 5. The highest BCUT2D eigenvalue weighted by atomic mass is 16.2. The van der Waals surface area contributed by atoms with Crippen LogP contribution in [0.25, 0.3) is 0 Å². The Morgan fingerprint density at radius 1 is 1.24 bits per heavy atom. The van der Waals surface area contributed by atoms with Crippen LogP contribution >= 0.6 is 0 Å². The average Bonchev–Trinajstić information content (AvgIpc) is 3.41. The van der Waals surface area contributed by atoms with Crippen LogP contribution in [0.2, 0.25) is 0 Å². The predicted octanol–water partition coefficient (Wildman–Crippen LogP) is 3.64. The van der Waals surface area contributed by atoms with Crippen LogP contribution in [0.3, 0.4) is 0 Å². The van der Waals surface area contributed by atoms with Gasteiger partial charge in [-0.25, -0.2) is 0 Å². The second-order valence-corrected chi connectivity index (χ2v) is 10.7. The van der Waals surface area contributed by atoms with Gasteiger partial charge >= 0.3 is 0 Å². The van der Waals surface area contributed by atoms with Gasteiger partial charge in [0, 0.05) is 68.3 Å². The Balaban J connectivity index is 1.48. The monoisotopic (exact) mass is 449 g/mol. The molecule has 2 aromatic heterocycles. The van der Waals surface area contributed by atoms with Crippen molar-refractivity contribution >= 4 is 11.8 Å². The van der Waals surface area contributed by atoms with Crippen LogP contribution in [0.5, 0.6) is 0 Å². The first kappa shape index (κ1) is 22.1. The lowest BCUT2D eigenvalue weighted by Gasteiger charge is -2.42. The summed E-state index contributed by atoms with van der Waals surface area (Å²) in [6, 6.07) is 6.20. The number of piperidine rings is 1. The van der Waals surface area contributed by atoms with E-state index in [0.717, 1.165) is 43.5 Å². The SMILES string of the molecule is CC1CC(C(=O)N2C[C@H](c3ccnn3C(C)C)[C@@]3(CCCN(Cc4cccnc4)C3=O)C2)C1. The van der Waals surface area contributed by atoms with Crippen molar-refractivity contribution in [1.29, 1.82) is 0 Å². The summed E-state index contributed by atoms with van der Waals surface area (Å²) in [5.74, 6) is 1.13. The number of hydrogen-bond donors (Lipinski definition) is 0. The molecule has 4 heterocycles. The molecule has 0 N–H and O–H groups in total. The largest absolute Gasteiger partial charge is 0.341 e. The first-order valence-electron chi connectivity index (χ1n) is 12.4. The lowest BCUT2D eigenvalue weighted by atomic mass is 9.70. The van der Waals surface area contributed by atoms with Crippen molar-refractivity contribution < 1.29 is 9.59 Å². The van der Waals surface area contributed by atoms with Gasteiger partial charge in [0.25, 0.3) is 0 Å². The van der Waals surface area contributed by atoms with E-state index < -0.39 is 5.41 Å². The minimum absolute atomic E-state index is 0.0342. The number of carbonyl (C=O) groups is 2. The summed E-state index contributed by atoms with van der Waals surface area (Å²) in [6.45, 7) is 8.89. The second kappa shape index (κ2) is 8.58. The summed E-state index contributed by atoms with van der Waals surface area (Å²) in [5, 5.41) is 4.57. The lowest BCUT2D eigenvalue weighted by molar-refractivity contribution is -0.148. The van der Waals surface area contributed by atoms with Crippen molar-refractivity contribution in [3.8, 4) is 0 Å². The molecule has 2 amide bonds. The molecule has 3 fully saturated rings. The standard InChI is InChI=1S/C26H35N5O2/c1-18(2)31-23(7-10-28-31)22-16-30(24(32)21-12-19(3)13-21)17-26(22)8-5-11-29(25(26)33)15-20-6-4-9-27-14-20/h4,6-7,9-10,14,18-19,21-22H,5,8,11-13,15-17H2,1-3H3/t19?,21?,22-,26-/m1/s1. The Morgan fingerprint density at radius 2 is 2.06 bits per heavy atom. The molecule has 3 aliphatic rings. The van der Waals surface area contributed by atoms with Gasteiger partial charge in [-0.15, -0.1) is 0 Å². The summed E-state index contributed by atoms with van der Waals surface area (Å²) < 4.78 is 2.04. The molecule has 0 radical (unpaired) electrons. The third-order valence-corrected chi connectivity index (χ3v) is 7.99. The van der Waals surface area contributed by atoms with Gasteiger partial charge in [-0.1, -0.05) is 13.0 Å². The van der Waals surface area contributed by atoms with Crippen LogP contribution in [0.15, 0.2) is 36.8 Å².